The van der Waals surface area contributed by atoms with E-state index in [-0.39, 0.29) is 11.5 Å². The number of nitrogens with zero attached hydrogens (tertiary/aromatic N) is 1. The summed E-state index contributed by atoms with van der Waals surface area (Å²) in [6.45, 7) is -0.665. The largest absolute Gasteiger partial charge is 0.480 e. The Kier molecular flexibility index (Phi) is 8.69. The summed E-state index contributed by atoms with van der Waals surface area (Å²) in [6.07, 6.45) is -0.635. The number of ether oxygens (including phenoxy) is 3. The topological polar surface area (TPSA) is 182 Å². The summed E-state index contributed by atoms with van der Waals surface area (Å²) in [5.74, 6) is -1.86. The van der Waals surface area contributed by atoms with Crippen molar-refractivity contribution < 1.29 is 51.4 Å². The minimum absolute atomic E-state index is 0.00175. The molecule has 0 fully saturated rings. The van der Waals surface area contributed by atoms with Crippen molar-refractivity contribution >= 4 is 25.6 Å². The second kappa shape index (κ2) is 10.9. The molecule has 1 aromatic heterocycles. The third-order valence-electron chi connectivity index (χ3n) is 4.23. The first-order valence-electron chi connectivity index (χ1n) is 9.19. The number of aliphatic hydroxyl groups is 1. The highest BCUT2D eigenvalue weighted by atomic mass is 31.2. The Morgan fingerprint density at radius 2 is 1.79 bits per heavy atom. The molecule has 1 aliphatic heterocycles. The van der Waals surface area contributed by atoms with E-state index in [0.717, 1.165) is 30.7 Å². The molecule has 0 aromatic carbocycles. The van der Waals surface area contributed by atoms with Crippen LogP contribution in [0.4, 0.5) is 4.39 Å². The highest BCUT2D eigenvalue weighted by Gasteiger charge is 2.51. The van der Waals surface area contributed by atoms with Gasteiger partial charge in [-0.25, -0.2) is 27.4 Å². The van der Waals surface area contributed by atoms with E-state index in [2.05, 4.69) is 9.47 Å². The number of aromatic nitrogens is 2. The molecule has 2 rings (SSSR count). The normalized spacial score (nSPS) is 20.5. The second-order valence-corrected chi connectivity index (χ2v) is 8.33. The molecule has 2 heterocycles. The molecule has 0 saturated carbocycles. The third-order valence-corrected chi connectivity index (χ3v) is 5.52. The van der Waals surface area contributed by atoms with Crippen LogP contribution in [0.2, 0.25) is 0 Å². The monoisotopic (exact) mass is 496 g/mol. The fourth-order valence-corrected chi connectivity index (χ4v) is 3.52. The molecule has 0 saturated heterocycles. The quantitative estimate of drug-likeness (QED) is 0.238. The van der Waals surface area contributed by atoms with Crippen LogP contribution in [-0.4, -0.2) is 65.2 Å². The average molecular weight is 496 g/mol. The summed E-state index contributed by atoms with van der Waals surface area (Å²) < 4.78 is 56.8. The summed E-state index contributed by atoms with van der Waals surface area (Å²) in [4.78, 5) is 47.1. The number of hydrogen-bond acceptors (Lipinski definition) is 12. The number of phosphoric acid groups is 1. The molecule has 16 heteroatoms. The van der Waals surface area contributed by atoms with Crippen molar-refractivity contribution in [3.05, 3.63) is 38.7 Å². The van der Waals surface area contributed by atoms with Gasteiger partial charge in [0.1, 0.15) is 19.4 Å². The van der Waals surface area contributed by atoms with Crippen LogP contribution in [-0.2, 0) is 41.9 Å². The van der Waals surface area contributed by atoms with Gasteiger partial charge in [0.2, 0.25) is 19.5 Å². The molecule has 1 aromatic rings. The van der Waals surface area contributed by atoms with Crippen LogP contribution in [0.3, 0.4) is 0 Å². The Balaban J connectivity index is 2.22. The van der Waals surface area contributed by atoms with Crippen LogP contribution in [0.5, 0.6) is 0 Å². The summed E-state index contributed by atoms with van der Waals surface area (Å²) in [6, 6.07) is 1.00. The van der Waals surface area contributed by atoms with Gasteiger partial charge in [-0.1, -0.05) is 0 Å². The molecule has 2 unspecified atom stereocenters. The summed E-state index contributed by atoms with van der Waals surface area (Å²) >= 11 is 0. The first-order valence-corrected chi connectivity index (χ1v) is 10.7. The standard InChI is InChI=1S/C17H22FN2O12P/c1-10-14(24)17(6-18,32-15(10)20-5-4-13(23)19-16(20)25)7-29-33(26,30-8-27-11(2)21)31-9-28-12(3)22/h4-5,14,24H,6-9H2,1-3H3,(H,19,23,25). The lowest BCUT2D eigenvalue weighted by Gasteiger charge is -2.30. The minimum atomic E-state index is -4.64. The number of H-pyrrole nitrogens is 1. The number of phosphoric ester groups is 1. The van der Waals surface area contributed by atoms with Crippen LogP contribution >= 0.6 is 7.82 Å². The third kappa shape index (κ3) is 6.58. The van der Waals surface area contributed by atoms with Crippen LogP contribution in [0.1, 0.15) is 20.8 Å². The van der Waals surface area contributed by atoms with Gasteiger partial charge in [0.05, 0.1) is 0 Å². The van der Waals surface area contributed by atoms with Gasteiger partial charge in [0.15, 0.2) is 5.60 Å². The first kappa shape index (κ1) is 26.4. The molecule has 33 heavy (non-hydrogen) atoms. The number of halogens is 1. The number of carbonyl (C=O) groups is 2. The van der Waals surface area contributed by atoms with Gasteiger partial charge < -0.3 is 19.3 Å². The lowest BCUT2D eigenvalue weighted by Crippen LogP contribution is -2.47. The SMILES string of the molecule is CC(=O)OCOP(=O)(OCOC(C)=O)OCC1(CF)OC(n2ccc(=O)[nH]c2=O)=C(C)C1O. The van der Waals surface area contributed by atoms with Crippen molar-refractivity contribution in [3.8, 4) is 0 Å². The zero-order valence-corrected chi connectivity index (χ0v) is 18.7. The first-order chi connectivity index (χ1) is 15.4. The van der Waals surface area contributed by atoms with Gasteiger partial charge in [0.25, 0.3) is 5.56 Å². The molecule has 0 spiro atoms. The molecule has 2 N–H and O–H groups in total. The smallest absolute Gasteiger partial charge is 0.463 e. The van der Waals surface area contributed by atoms with Gasteiger partial charge in [-0.05, 0) is 6.92 Å². The van der Waals surface area contributed by atoms with E-state index in [1.165, 1.54) is 6.92 Å². The minimum Gasteiger partial charge on any atom is -0.463 e. The zero-order valence-electron chi connectivity index (χ0n) is 17.8. The van der Waals surface area contributed by atoms with Gasteiger partial charge in [-0.2, -0.15) is 0 Å². The van der Waals surface area contributed by atoms with E-state index in [1.807, 2.05) is 4.98 Å². The van der Waals surface area contributed by atoms with Crippen molar-refractivity contribution in [1.29, 1.82) is 0 Å². The van der Waals surface area contributed by atoms with Gasteiger partial charge >= 0.3 is 25.5 Å². The van der Waals surface area contributed by atoms with Crippen molar-refractivity contribution in [1.82, 2.24) is 9.55 Å². The molecule has 0 aliphatic carbocycles. The highest BCUT2D eigenvalue weighted by Crippen LogP contribution is 2.51. The summed E-state index contributed by atoms with van der Waals surface area (Å²) in [5, 5.41) is 10.6. The maximum Gasteiger partial charge on any atom is 0.480 e. The maximum absolute atomic E-state index is 14.1. The Morgan fingerprint density at radius 1 is 1.21 bits per heavy atom. The van der Waals surface area contributed by atoms with Crippen molar-refractivity contribution in [2.24, 2.45) is 0 Å². The number of aromatic amines is 1. The lowest BCUT2D eigenvalue weighted by molar-refractivity contribution is -0.152. The lowest BCUT2D eigenvalue weighted by atomic mass is 9.96. The number of esters is 2. The van der Waals surface area contributed by atoms with Gasteiger partial charge in [-0.3, -0.25) is 23.9 Å². The fourth-order valence-electron chi connectivity index (χ4n) is 2.55. The number of rotatable bonds is 11. The predicted molar refractivity (Wildman–Crippen MR) is 105 cm³/mol. The Labute approximate surface area is 185 Å². The Bertz CT molecular complexity index is 1060. The summed E-state index contributed by atoms with van der Waals surface area (Å²) in [7, 11) is -4.64. The summed E-state index contributed by atoms with van der Waals surface area (Å²) in [5.41, 5.74) is -3.80. The zero-order chi connectivity index (χ0) is 24.8. The molecule has 14 nitrogen and oxygen atoms in total. The van der Waals surface area contributed by atoms with Crippen molar-refractivity contribution in [3.63, 3.8) is 0 Å². The molecular weight excluding hydrogens is 474 g/mol. The fraction of sp³-hybridized carbons (Fsp3) is 0.529. The van der Waals surface area contributed by atoms with E-state index in [1.54, 1.807) is 0 Å². The molecule has 0 bridgehead atoms. The molecular formula is C17H22FN2O12P. The van der Waals surface area contributed by atoms with E-state index in [4.69, 9.17) is 18.3 Å². The van der Waals surface area contributed by atoms with Gasteiger partial charge in [0, 0.05) is 31.7 Å². The van der Waals surface area contributed by atoms with Gasteiger partial charge in [-0.15, -0.1) is 0 Å². The number of aliphatic hydroxyl groups excluding tert-OH is 1. The van der Waals surface area contributed by atoms with Crippen molar-refractivity contribution in [2.75, 3.05) is 26.9 Å². The molecule has 184 valence electrons. The van der Waals surface area contributed by atoms with Crippen LogP contribution in [0.15, 0.2) is 27.4 Å². The molecule has 2 atom stereocenters. The molecule has 0 amide bonds. The van der Waals surface area contributed by atoms with Crippen LogP contribution < -0.4 is 11.2 Å². The predicted octanol–water partition coefficient (Wildman–Crippen LogP) is 0.0236. The molecule has 0 radical (unpaired) electrons. The maximum atomic E-state index is 14.1. The second-order valence-electron chi connectivity index (χ2n) is 6.66. The number of carbonyl (C=O) groups excluding carboxylic acids is 2. The van der Waals surface area contributed by atoms with E-state index >= 15 is 0 Å². The Morgan fingerprint density at radius 3 is 2.27 bits per heavy atom. The highest BCUT2D eigenvalue weighted by molar-refractivity contribution is 7.48. The molecule has 1 aliphatic rings. The van der Waals surface area contributed by atoms with Crippen molar-refractivity contribution in [2.45, 2.75) is 32.5 Å². The number of alkyl halides is 1. The number of nitrogens with one attached hydrogen (secondary N) is 1. The Hall–Kier alpha value is -2.84. The van der Waals surface area contributed by atoms with E-state index < -0.39 is 69.6 Å². The van der Waals surface area contributed by atoms with Crippen LogP contribution in [0.25, 0.3) is 5.88 Å². The average Bonchev–Trinajstić information content (AvgIpc) is 2.97. The van der Waals surface area contributed by atoms with E-state index in [0.29, 0.717) is 0 Å². The number of hydrogen-bond donors (Lipinski definition) is 2. The van der Waals surface area contributed by atoms with E-state index in [9.17, 15) is 33.2 Å². The van der Waals surface area contributed by atoms with Crippen LogP contribution in [0, 0.1) is 0 Å².